The minimum atomic E-state index is -0.290. The fourth-order valence-corrected chi connectivity index (χ4v) is 2.05. The highest BCUT2D eigenvalue weighted by molar-refractivity contribution is 7.99. The molecule has 0 fully saturated rings. The van der Waals surface area contributed by atoms with Gasteiger partial charge in [-0.25, -0.2) is 5.43 Å². The molecule has 0 aliphatic rings. The summed E-state index contributed by atoms with van der Waals surface area (Å²) in [7, 11) is 1.79. The predicted octanol–water partition coefficient (Wildman–Crippen LogP) is 0.469. The number of phenolic OH excluding ortho intramolecular Hbond substituents is 2. The van der Waals surface area contributed by atoms with E-state index >= 15 is 0 Å². The number of thioether (sulfide) groups is 1. The summed E-state index contributed by atoms with van der Waals surface area (Å²) in [4.78, 5) is 11.6. The minimum absolute atomic E-state index is 0.157. The average molecular weight is 307 g/mol. The lowest BCUT2D eigenvalue weighted by molar-refractivity contribution is -0.118. The van der Waals surface area contributed by atoms with Crippen LogP contribution in [0.5, 0.6) is 11.5 Å². The Morgan fingerprint density at radius 1 is 1.48 bits per heavy atom. The monoisotopic (exact) mass is 307 g/mol. The Bertz CT molecular complexity index is 671. The lowest BCUT2D eigenvalue weighted by atomic mass is 10.2. The van der Waals surface area contributed by atoms with Crippen molar-refractivity contribution in [3.05, 3.63) is 30.1 Å². The number of amides is 1. The number of nitrogens with zero attached hydrogens (tertiary/aromatic N) is 4. The number of carbonyl (C=O) groups is 1. The third-order valence-electron chi connectivity index (χ3n) is 2.40. The molecule has 2 aromatic rings. The average Bonchev–Trinajstić information content (AvgIpc) is 2.86. The van der Waals surface area contributed by atoms with Crippen molar-refractivity contribution in [1.82, 2.24) is 20.2 Å². The number of benzene rings is 1. The Hall–Kier alpha value is -2.55. The largest absolute Gasteiger partial charge is 0.504 e. The topological polar surface area (TPSA) is 113 Å². The van der Waals surface area contributed by atoms with Gasteiger partial charge in [0.15, 0.2) is 16.7 Å². The van der Waals surface area contributed by atoms with Crippen LogP contribution in [0.4, 0.5) is 0 Å². The molecule has 1 aromatic heterocycles. The molecule has 0 saturated carbocycles. The molecule has 0 spiro atoms. The summed E-state index contributed by atoms with van der Waals surface area (Å²) >= 11 is 1.24. The van der Waals surface area contributed by atoms with Gasteiger partial charge in [0.2, 0.25) is 0 Å². The van der Waals surface area contributed by atoms with Gasteiger partial charge in [0.05, 0.1) is 12.0 Å². The summed E-state index contributed by atoms with van der Waals surface area (Å²) in [5.74, 6) is -0.591. The van der Waals surface area contributed by atoms with Crippen LogP contribution < -0.4 is 5.43 Å². The molecule has 8 nitrogen and oxygen atoms in total. The Kier molecular flexibility index (Phi) is 4.77. The van der Waals surface area contributed by atoms with Crippen molar-refractivity contribution in [3.63, 3.8) is 0 Å². The van der Waals surface area contributed by atoms with E-state index in [1.807, 2.05) is 0 Å². The zero-order valence-corrected chi connectivity index (χ0v) is 11.9. The molecule has 21 heavy (non-hydrogen) atoms. The first-order chi connectivity index (χ1) is 10.1. The van der Waals surface area contributed by atoms with E-state index in [1.165, 1.54) is 30.1 Å². The van der Waals surface area contributed by atoms with E-state index in [-0.39, 0.29) is 23.2 Å². The highest BCUT2D eigenvalue weighted by Gasteiger charge is 2.05. The fraction of sp³-hybridized carbons (Fsp3) is 0.167. The van der Waals surface area contributed by atoms with E-state index in [4.69, 9.17) is 5.11 Å². The Balaban J connectivity index is 1.82. The number of rotatable bonds is 5. The summed E-state index contributed by atoms with van der Waals surface area (Å²) in [6.45, 7) is 0. The van der Waals surface area contributed by atoms with Gasteiger partial charge in [-0.15, -0.1) is 10.2 Å². The molecule has 0 atom stereocenters. The normalized spacial score (nSPS) is 10.9. The molecule has 9 heteroatoms. The molecule has 0 aliphatic heterocycles. The maximum absolute atomic E-state index is 11.6. The number of hydrazone groups is 1. The van der Waals surface area contributed by atoms with Gasteiger partial charge in [0.25, 0.3) is 5.91 Å². The number of aryl methyl sites for hydroxylation is 1. The number of hydrogen-bond donors (Lipinski definition) is 3. The van der Waals surface area contributed by atoms with Gasteiger partial charge in [-0.2, -0.15) is 5.10 Å². The second kappa shape index (κ2) is 6.75. The van der Waals surface area contributed by atoms with Gasteiger partial charge >= 0.3 is 0 Å². The zero-order chi connectivity index (χ0) is 15.2. The smallest absolute Gasteiger partial charge is 0.250 e. The molecule has 1 heterocycles. The molecular weight excluding hydrogens is 294 g/mol. The van der Waals surface area contributed by atoms with Crippen molar-refractivity contribution >= 4 is 23.9 Å². The van der Waals surface area contributed by atoms with Crippen LogP contribution in [0.25, 0.3) is 0 Å². The molecule has 0 radical (unpaired) electrons. The minimum Gasteiger partial charge on any atom is -0.504 e. The van der Waals surface area contributed by atoms with Gasteiger partial charge in [-0.3, -0.25) is 4.79 Å². The summed E-state index contributed by atoms with van der Waals surface area (Å²) in [5, 5.41) is 30.4. The molecule has 1 aromatic carbocycles. The molecule has 0 saturated heterocycles. The molecule has 1 amide bonds. The lowest BCUT2D eigenvalue weighted by Gasteiger charge is -2.00. The maximum atomic E-state index is 11.6. The van der Waals surface area contributed by atoms with Crippen molar-refractivity contribution in [1.29, 1.82) is 0 Å². The Labute approximate surface area is 124 Å². The summed E-state index contributed by atoms with van der Waals surface area (Å²) in [6, 6.07) is 4.22. The van der Waals surface area contributed by atoms with E-state index in [0.29, 0.717) is 10.7 Å². The van der Waals surface area contributed by atoms with Gasteiger partial charge in [0, 0.05) is 7.05 Å². The first-order valence-electron chi connectivity index (χ1n) is 5.87. The van der Waals surface area contributed by atoms with E-state index in [1.54, 1.807) is 24.0 Å². The standard InChI is InChI=1S/C12H13N5O3S/c1-17-7-14-16-12(17)21-6-11(20)15-13-5-8-2-3-9(18)10(19)4-8/h2-5,7,18-19H,6H2,1H3,(H,15,20). The Morgan fingerprint density at radius 2 is 2.29 bits per heavy atom. The van der Waals surface area contributed by atoms with Crippen molar-refractivity contribution in [2.75, 3.05) is 5.75 Å². The van der Waals surface area contributed by atoms with Gasteiger partial charge in [-0.1, -0.05) is 11.8 Å². The van der Waals surface area contributed by atoms with Crippen LogP contribution in [0.2, 0.25) is 0 Å². The molecule has 2 rings (SSSR count). The second-order valence-corrected chi connectivity index (χ2v) is 5.00. The zero-order valence-electron chi connectivity index (χ0n) is 11.1. The van der Waals surface area contributed by atoms with Crippen LogP contribution >= 0.6 is 11.8 Å². The number of phenols is 2. The van der Waals surface area contributed by atoms with Crippen LogP contribution in [0.1, 0.15) is 5.56 Å². The van der Waals surface area contributed by atoms with Crippen LogP contribution in [-0.2, 0) is 11.8 Å². The van der Waals surface area contributed by atoms with Crippen molar-refractivity contribution in [2.45, 2.75) is 5.16 Å². The van der Waals surface area contributed by atoms with E-state index < -0.39 is 0 Å². The van der Waals surface area contributed by atoms with Crippen LogP contribution in [0.15, 0.2) is 34.8 Å². The van der Waals surface area contributed by atoms with Gasteiger partial charge < -0.3 is 14.8 Å². The lowest BCUT2D eigenvalue weighted by Crippen LogP contribution is -2.19. The van der Waals surface area contributed by atoms with Crippen molar-refractivity contribution in [2.24, 2.45) is 12.1 Å². The van der Waals surface area contributed by atoms with Crippen LogP contribution in [-0.4, -0.2) is 42.9 Å². The SMILES string of the molecule is Cn1cnnc1SCC(=O)NN=Cc1ccc(O)c(O)c1. The van der Waals surface area contributed by atoms with Crippen molar-refractivity contribution < 1.29 is 15.0 Å². The summed E-state index contributed by atoms with van der Waals surface area (Å²) < 4.78 is 1.71. The van der Waals surface area contributed by atoms with E-state index in [0.717, 1.165) is 0 Å². The van der Waals surface area contributed by atoms with Gasteiger partial charge in [0.1, 0.15) is 6.33 Å². The summed E-state index contributed by atoms with van der Waals surface area (Å²) in [5.41, 5.74) is 2.90. The van der Waals surface area contributed by atoms with E-state index in [2.05, 4.69) is 20.7 Å². The third-order valence-corrected chi connectivity index (χ3v) is 3.44. The molecule has 0 unspecified atom stereocenters. The molecular formula is C12H13N5O3S. The number of nitrogens with one attached hydrogen (secondary N) is 1. The number of aromatic nitrogens is 3. The molecule has 3 N–H and O–H groups in total. The quantitative estimate of drug-likeness (QED) is 0.320. The predicted molar refractivity (Wildman–Crippen MR) is 77.2 cm³/mol. The number of hydrogen-bond acceptors (Lipinski definition) is 7. The highest BCUT2D eigenvalue weighted by Crippen LogP contribution is 2.23. The molecule has 110 valence electrons. The Morgan fingerprint density at radius 3 is 2.95 bits per heavy atom. The van der Waals surface area contributed by atoms with Crippen molar-refractivity contribution in [3.8, 4) is 11.5 Å². The van der Waals surface area contributed by atoms with E-state index in [9.17, 15) is 9.90 Å². The maximum Gasteiger partial charge on any atom is 0.250 e. The molecule has 0 aliphatic carbocycles. The third kappa shape index (κ3) is 4.21. The number of carbonyl (C=O) groups excluding carboxylic acids is 1. The van der Waals surface area contributed by atoms with Gasteiger partial charge in [-0.05, 0) is 23.8 Å². The number of aromatic hydroxyl groups is 2. The first kappa shape index (κ1) is 14.9. The molecule has 0 bridgehead atoms. The first-order valence-corrected chi connectivity index (χ1v) is 6.85. The van der Waals surface area contributed by atoms with Crippen LogP contribution in [0.3, 0.4) is 0 Å². The second-order valence-electron chi connectivity index (χ2n) is 4.05. The van der Waals surface area contributed by atoms with Crippen LogP contribution in [0, 0.1) is 0 Å². The fourth-order valence-electron chi connectivity index (χ4n) is 1.37. The highest BCUT2D eigenvalue weighted by atomic mass is 32.2. The summed E-state index contributed by atoms with van der Waals surface area (Å²) in [6.07, 6.45) is 2.92.